The molecule has 1 heterocycles. The highest BCUT2D eigenvalue weighted by molar-refractivity contribution is 6.07. The number of nitrogens with zero attached hydrogens (tertiary/aromatic N) is 1. The Kier molecular flexibility index (Phi) is 6.29. The number of carboxylic acids is 2. The minimum Gasteiger partial charge on any atom is -0.493 e. The molecule has 0 fully saturated rings. The first-order valence-electron chi connectivity index (χ1n) is 9.21. The second kappa shape index (κ2) is 9.09. The zero-order chi connectivity index (χ0) is 24.3. The molecule has 0 saturated carbocycles. The van der Waals surface area contributed by atoms with Crippen LogP contribution in [0.1, 0.15) is 26.3 Å². The van der Waals surface area contributed by atoms with E-state index in [-0.39, 0.29) is 34.9 Å². The van der Waals surface area contributed by atoms with Crippen molar-refractivity contribution in [3.63, 3.8) is 0 Å². The number of pyridine rings is 1. The lowest BCUT2D eigenvalue weighted by atomic mass is 9.95. The quantitative estimate of drug-likeness (QED) is 0.289. The van der Waals surface area contributed by atoms with Gasteiger partial charge in [0.25, 0.3) is 11.2 Å². The molecule has 170 valence electrons. The van der Waals surface area contributed by atoms with Crippen LogP contribution in [-0.4, -0.2) is 39.2 Å². The average molecular weight is 455 g/mol. The SMILES string of the molecule is COc1cc(-c2c(C(=O)O)c(N)[nH]c(=O)c2C(=O)O)ccc1OCc1ccc([N+](=O)[O-])cc1. The first-order valence-corrected chi connectivity index (χ1v) is 9.21. The summed E-state index contributed by atoms with van der Waals surface area (Å²) >= 11 is 0. The molecule has 12 nitrogen and oxygen atoms in total. The van der Waals surface area contributed by atoms with Crippen molar-refractivity contribution in [3.8, 4) is 22.6 Å². The Balaban J connectivity index is 2.02. The van der Waals surface area contributed by atoms with Crippen molar-refractivity contribution in [2.24, 2.45) is 0 Å². The number of H-pyrrole nitrogens is 1. The smallest absolute Gasteiger partial charge is 0.342 e. The van der Waals surface area contributed by atoms with Gasteiger partial charge in [-0.15, -0.1) is 0 Å². The van der Waals surface area contributed by atoms with Crippen LogP contribution in [0, 0.1) is 10.1 Å². The Morgan fingerprint density at radius 2 is 1.70 bits per heavy atom. The number of nitro groups is 1. The van der Waals surface area contributed by atoms with Crippen LogP contribution in [0.2, 0.25) is 0 Å². The Morgan fingerprint density at radius 3 is 2.24 bits per heavy atom. The van der Waals surface area contributed by atoms with Crippen LogP contribution in [0.15, 0.2) is 47.3 Å². The van der Waals surface area contributed by atoms with E-state index in [1.165, 1.54) is 49.6 Å². The molecule has 0 aliphatic carbocycles. The van der Waals surface area contributed by atoms with E-state index in [0.29, 0.717) is 5.56 Å². The normalized spacial score (nSPS) is 10.5. The third-order valence-corrected chi connectivity index (χ3v) is 4.67. The fourth-order valence-electron chi connectivity index (χ4n) is 3.15. The first-order chi connectivity index (χ1) is 15.6. The average Bonchev–Trinajstić information content (AvgIpc) is 2.76. The van der Waals surface area contributed by atoms with Gasteiger partial charge in [0.2, 0.25) is 0 Å². The van der Waals surface area contributed by atoms with Crippen LogP contribution < -0.4 is 20.8 Å². The molecule has 0 radical (unpaired) electrons. The molecule has 0 spiro atoms. The van der Waals surface area contributed by atoms with Crippen molar-refractivity contribution < 1.29 is 34.2 Å². The largest absolute Gasteiger partial charge is 0.493 e. The number of carboxylic acid groups (broad SMARTS) is 2. The van der Waals surface area contributed by atoms with E-state index < -0.39 is 39.4 Å². The van der Waals surface area contributed by atoms with Gasteiger partial charge in [-0.25, -0.2) is 9.59 Å². The molecule has 0 aliphatic rings. The number of rotatable bonds is 8. The van der Waals surface area contributed by atoms with E-state index in [2.05, 4.69) is 0 Å². The molecule has 0 atom stereocenters. The third-order valence-electron chi connectivity index (χ3n) is 4.67. The predicted molar refractivity (Wildman–Crippen MR) is 115 cm³/mol. The molecular formula is C21H17N3O9. The van der Waals surface area contributed by atoms with Crippen molar-refractivity contribution in [1.82, 2.24) is 4.98 Å². The van der Waals surface area contributed by atoms with Crippen molar-refractivity contribution >= 4 is 23.4 Å². The van der Waals surface area contributed by atoms with Crippen LogP contribution in [0.5, 0.6) is 11.5 Å². The zero-order valence-corrected chi connectivity index (χ0v) is 17.0. The highest BCUT2D eigenvalue weighted by Crippen LogP contribution is 2.36. The number of anilines is 1. The maximum Gasteiger partial charge on any atom is 0.342 e. The highest BCUT2D eigenvalue weighted by Gasteiger charge is 2.27. The maximum absolute atomic E-state index is 12.2. The number of aromatic nitrogens is 1. The number of ether oxygens (including phenoxy) is 2. The number of hydrogen-bond acceptors (Lipinski definition) is 8. The van der Waals surface area contributed by atoms with Crippen LogP contribution >= 0.6 is 0 Å². The van der Waals surface area contributed by atoms with Crippen molar-refractivity contribution in [2.75, 3.05) is 12.8 Å². The summed E-state index contributed by atoms with van der Waals surface area (Å²) in [4.78, 5) is 47.9. The second-order valence-electron chi connectivity index (χ2n) is 6.68. The van der Waals surface area contributed by atoms with Crippen LogP contribution in [0.3, 0.4) is 0 Å². The number of nitro benzene ring substituents is 1. The summed E-state index contributed by atoms with van der Waals surface area (Å²) in [6.07, 6.45) is 0. The molecule has 0 saturated heterocycles. The molecule has 3 rings (SSSR count). The number of aromatic carboxylic acids is 2. The minimum atomic E-state index is -1.63. The molecule has 3 aromatic rings. The Bertz CT molecular complexity index is 1310. The summed E-state index contributed by atoms with van der Waals surface area (Å²) in [5.41, 5.74) is 3.47. The van der Waals surface area contributed by atoms with Gasteiger partial charge < -0.3 is 30.4 Å². The number of hydrogen-bond donors (Lipinski definition) is 4. The van der Waals surface area contributed by atoms with Gasteiger partial charge in [0.1, 0.15) is 23.6 Å². The zero-order valence-electron chi connectivity index (χ0n) is 17.0. The lowest BCUT2D eigenvalue weighted by molar-refractivity contribution is -0.384. The summed E-state index contributed by atoms with van der Waals surface area (Å²) in [6, 6.07) is 9.80. The number of benzene rings is 2. The fourth-order valence-corrected chi connectivity index (χ4v) is 3.15. The molecule has 0 aliphatic heterocycles. The molecule has 5 N–H and O–H groups in total. The van der Waals surface area contributed by atoms with Gasteiger partial charge in [-0.05, 0) is 35.4 Å². The van der Waals surface area contributed by atoms with Gasteiger partial charge in [-0.3, -0.25) is 14.9 Å². The van der Waals surface area contributed by atoms with Gasteiger partial charge in [-0.2, -0.15) is 0 Å². The third kappa shape index (κ3) is 4.58. The van der Waals surface area contributed by atoms with Crippen molar-refractivity contribution in [1.29, 1.82) is 0 Å². The first kappa shape index (κ1) is 22.8. The van der Waals surface area contributed by atoms with E-state index in [1.807, 2.05) is 4.98 Å². The molecular weight excluding hydrogens is 438 g/mol. The maximum atomic E-state index is 12.2. The van der Waals surface area contributed by atoms with Crippen molar-refractivity contribution in [3.05, 3.63) is 79.6 Å². The Hall–Kier alpha value is -4.87. The molecule has 33 heavy (non-hydrogen) atoms. The van der Waals surface area contributed by atoms with Crippen LogP contribution in [0.4, 0.5) is 11.5 Å². The van der Waals surface area contributed by atoms with Gasteiger partial charge in [0.15, 0.2) is 11.5 Å². The Labute approximate surface area is 185 Å². The molecule has 0 unspecified atom stereocenters. The number of non-ortho nitro benzene ring substituents is 1. The lowest BCUT2D eigenvalue weighted by Crippen LogP contribution is -2.24. The molecule has 1 aromatic heterocycles. The number of nitrogens with two attached hydrogens (primary N) is 1. The summed E-state index contributed by atoms with van der Waals surface area (Å²) in [5.74, 6) is -3.30. The van der Waals surface area contributed by atoms with Gasteiger partial charge in [0.05, 0.1) is 12.0 Å². The topological polar surface area (TPSA) is 195 Å². The molecule has 0 amide bonds. The number of nitrogen functional groups attached to an aromatic ring is 1. The predicted octanol–water partition coefficient (Wildman–Crippen LogP) is 2.52. The summed E-state index contributed by atoms with van der Waals surface area (Å²) in [7, 11) is 1.32. The number of methoxy groups -OCH3 is 1. The van der Waals surface area contributed by atoms with Gasteiger partial charge in [0, 0.05) is 17.7 Å². The lowest BCUT2D eigenvalue weighted by Gasteiger charge is -2.15. The van der Waals surface area contributed by atoms with E-state index in [9.17, 15) is 34.7 Å². The molecule has 2 aromatic carbocycles. The fraction of sp³-hybridized carbons (Fsp3) is 0.0952. The highest BCUT2D eigenvalue weighted by atomic mass is 16.6. The standard InChI is InChI=1S/C21H17N3O9/c1-32-14-8-11(15-16(20(26)27)18(22)23-19(25)17(15)21(28)29)4-7-13(14)33-9-10-2-5-12(6-3-10)24(30)31/h2-8H,9H2,1H3,(H,26,27)(H,28,29)(H3,22,23,25). The number of carbonyl (C=O) groups is 2. The molecule has 0 bridgehead atoms. The summed E-state index contributed by atoms with van der Waals surface area (Å²) in [5, 5.41) is 29.8. The summed E-state index contributed by atoms with van der Waals surface area (Å²) < 4.78 is 11.0. The van der Waals surface area contributed by atoms with Gasteiger partial charge >= 0.3 is 11.9 Å². The summed E-state index contributed by atoms with van der Waals surface area (Å²) in [6.45, 7) is 0.0341. The van der Waals surface area contributed by atoms with E-state index >= 15 is 0 Å². The van der Waals surface area contributed by atoms with E-state index in [4.69, 9.17) is 15.2 Å². The van der Waals surface area contributed by atoms with Crippen LogP contribution in [-0.2, 0) is 6.61 Å². The minimum absolute atomic E-state index is 0.0341. The van der Waals surface area contributed by atoms with Crippen molar-refractivity contribution in [2.45, 2.75) is 6.61 Å². The monoisotopic (exact) mass is 455 g/mol. The van der Waals surface area contributed by atoms with Gasteiger partial charge in [-0.1, -0.05) is 6.07 Å². The Morgan fingerprint density at radius 1 is 1.06 bits per heavy atom. The van der Waals surface area contributed by atoms with E-state index in [1.54, 1.807) is 0 Å². The van der Waals surface area contributed by atoms with Crippen LogP contribution in [0.25, 0.3) is 11.1 Å². The number of nitrogens with one attached hydrogen (secondary N) is 1. The van der Waals surface area contributed by atoms with E-state index in [0.717, 1.165) is 0 Å². The molecule has 12 heteroatoms. The number of aromatic amines is 1. The second-order valence-corrected chi connectivity index (χ2v) is 6.68.